The second-order valence-corrected chi connectivity index (χ2v) is 7.89. The van der Waals surface area contributed by atoms with Gasteiger partial charge >= 0.3 is 0 Å². The molecule has 0 radical (unpaired) electrons. The number of thiophene rings is 1. The highest BCUT2D eigenvalue weighted by Gasteiger charge is 2.23. The highest BCUT2D eigenvalue weighted by molar-refractivity contribution is 7.17. The lowest BCUT2D eigenvalue weighted by Crippen LogP contribution is -2.35. The Balaban J connectivity index is 0.00000225. The molecule has 5 nitrogen and oxygen atoms in total. The van der Waals surface area contributed by atoms with Crippen LogP contribution in [0.5, 0.6) is 11.5 Å². The van der Waals surface area contributed by atoms with Crippen molar-refractivity contribution in [3.63, 3.8) is 0 Å². The summed E-state index contributed by atoms with van der Waals surface area (Å²) < 4.78 is 6.95. The first kappa shape index (κ1) is 20.5. The summed E-state index contributed by atoms with van der Waals surface area (Å²) >= 11 is 1.68. The van der Waals surface area contributed by atoms with E-state index in [1.54, 1.807) is 22.3 Å². The Hall–Kier alpha value is -2.28. The summed E-state index contributed by atoms with van der Waals surface area (Å²) in [5.74, 6) is 0.584. The second-order valence-electron chi connectivity index (χ2n) is 6.97. The normalized spacial score (nSPS) is 14.6. The van der Waals surface area contributed by atoms with E-state index in [-0.39, 0.29) is 30.1 Å². The number of hydrogen-bond acceptors (Lipinski definition) is 5. The maximum Gasteiger partial charge on any atom is 0.224 e. The van der Waals surface area contributed by atoms with Gasteiger partial charge in [-0.05, 0) is 36.1 Å². The van der Waals surface area contributed by atoms with Crippen molar-refractivity contribution in [2.24, 2.45) is 5.73 Å². The zero-order chi connectivity index (χ0) is 19.0. The van der Waals surface area contributed by atoms with Gasteiger partial charge in [0.1, 0.15) is 6.61 Å². The minimum Gasteiger partial charge on any atom is -0.504 e. The van der Waals surface area contributed by atoms with Crippen molar-refractivity contribution in [3.05, 3.63) is 47.3 Å². The summed E-state index contributed by atoms with van der Waals surface area (Å²) in [6, 6.07) is 11.8. The van der Waals surface area contributed by atoms with Gasteiger partial charge in [0.15, 0.2) is 11.5 Å². The lowest BCUT2D eigenvalue weighted by Gasteiger charge is -2.21. The molecule has 0 saturated heterocycles. The number of halogens is 1. The number of hydrogen-bond donors (Lipinski definition) is 2. The molecule has 1 aliphatic heterocycles. The van der Waals surface area contributed by atoms with Crippen molar-refractivity contribution in [2.75, 3.05) is 13.2 Å². The van der Waals surface area contributed by atoms with Crippen LogP contribution in [-0.4, -0.2) is 35.1 Å². The summed E-state index contributed by atoms with van der Waals surface area (Å²) in [6.07, 6.45) is 0.302. The molecule has 0 aliphatic carbocycles. The molecule has 1 aliphatic rings. The van der Waals surface area contributed by atoms with Gasteiger partial charge in [-0.1, -0.05) is 18.2 Å². The minimum atomic E-state index is -0.182. The average molecular weight is 419 g/mol. The number of aromatic hydroxyl groups is 1. The van der Waals surface area contributed by atoms with Gasteiger partial charge in [-0.2, -0.15) is 0 Å². The standard InChI is InChI=1S/C21H22N2O3S.ClH/c1-13(22)8-20(25)23-6-7-26-21-15(11-23)9-14(10-18(21)24)17-12-27-19-5-3-2-4-16(17)19;/h2-5,9-10,12-13,24H,6-8,11,22H2,1H3;1H. The Kier molecular flexibility index (Phi) is 6.13. The molecule has 1 aromatic heterocycles. The number of phenolic OH excluding ortho intramolecular Hbond substituents is 1. The summed E-state index contributed by atoms with van der Waals surface area (Å²) in [7, 11) is 0. The Morgan fingerprint density at radius 1 is 1.36 bits per heavy atom. The fourth-order valence-corrected chi connectivity index (χ4v) is 4.44. The van der Waals surface area contributed by atoms with Gasteiger partial charge in [-0.15, -0.1) is 23.7 Å². The molecule has 2 heterocycles. The van der Waals surface area contributed by atoms with E-state index in [1.165, 1.54) is 4.70 Å². The molecular formula is C21H23ClN2O3S. The summed E-state index contributed by atoms with van der Waals surface area (Å²) in [5.41, 5.74) is 8.60. The number of phenols is 1. The maximum atomic E-state index is 12.5. The van der Waals surface area contributed by atoms with Crippen molar-refractivity contribution in [1.82, 2.24) is 4.90 Å². The van der Waals surface area contributed by atoms with E-state index in [0.717, 1.165) is 22.1 Å². The number of nitrogens with two attached hydrogens (primary N) is 1. The summed E-state index contributed by atoms with van der Waals surface area (Å²) in [6.45, 7) is 3.07. The first-order valence-electron chi connectivity index (χ1n) is 9.01. The van der Waals surface area contributed by atoms with Crippen LogP contribution in [0.15, 0.2) is 41.8 Å². The largest absolute Gasteiger partial charge is 0.504 e. The molecule has 0 saturated carbocycles. The first-order valence-corrected chi connectivity index (χ1v) is 9.89. The molecule has 3 aromatic rings. The van der Waals surface area contributed by atoms with Crippen LogP contribution in [0, 0.1) is 0 Å². The monoisotopic (exact) mass is 418 g/mol. The van der Waals surface area contributed by atoms with Crippen molar-refractivity contribution >= 4 is 39.7 Å². The molecule has 7 heteroatoms. The number of amides is 1. The average Bonchev–Trinajstić information content (AvgIpc) is 2.93. The summed E-state index contributed by atoms with van der Waals surface area (Å²) in [5, 5.41) is 13.8. The van der Waals surface area contributed by atoms with Crippen LogP contribution in [0.4, 0.5) is 0 Å². The predicted octanol–water partition coefficient (Wildman–Crippen LogP) is 4.15. The van der Waals surface area contributed by atoms with Crippen LogP contribution >= 0.6 is 23.7 Å². The molecule has 1 atom stereocenters. The Morgan fingerprint density at radius 3 is 2.93 bits per heavy atom. The second kappa shape index (κ2) is 8.39. The molecule has 1 unspecified atom stereocenters. The number of benzene rings is 2. The van der Waals surface area contributed by atoms with Gasteiger partial charge in [0.25, 0.3) is 0 Å². The quantitative estimate of drug-likeness (QED) is 0.669. The van der Waals surface area contributed by atoms with Crippen LogP contribution in [0.2, 0.25) is 0 Å². The van der Waals surface area contributed by atoms with Gasteiger partial charge in [0.05, 0.1) is 6.54 Å². The summed E-state index contributed by atoms with van der Waals surface area (Å²) in [4.78, 5) is 14.2. The van der Waals surface area contributed by atoms with E-state index < -0.39 is 0 Å². The topological polar surface area (TPSA) is 75.8 Å². The molecule has 0 bridgehead atoms. The van der Waals surface area contributed by atoms with E-state index >= 15 is 0 Å². The van der Waals surface area contributed by atoms with E-state index in [9.17, 15) is 9.90 Å². The number of carbonyl (C=O) groups is 1. The molecule has 148 valence electrons. The number of carbonyl (C=O) groups excluding carboxylic acids is 1. The number of ether oxygens (including phenoxy) is 1. The Morgan fingerprint density at radius 2 is 2.14 bits per heavy atom. The molecule has 4 rings (SSSR count). The van der Waals surface area contributed by atoms with Crippen molar-refractivity contribution < 1.29 is 14.6 Å². The molecule has 2 aromatic carbocycles. The van der Waals surface area contributed by atoms with Gasteiger partial charge in [-0.25, -0.2) is 0 Å². The smallest absolute Gasteiger partial charge is 0.224 e. The van der Waals surface area contributed by atoms with Crippen molar-refractivity contribution in [3.8, 4) is 22.6 Å². The number of rotatable bonds is 3. The molecular weight excluding hydrogens is 396 g/mol. The van der Waals surface area contributed by atoms with Crippen LogP contribution in [-0.2, 0) is 11.3 Å². The van der Waals surface area contributed by atoms with Crippen LogP contribution < -0.4 is 10.5 Å². The Bertz CT molecular complexity index is 1000. The fourth-order valence-electron chi connectivity index (χ4n) is 3.47. The SMILES string of the molecule is CC(N)CC(=O)N1CCOc2c(O)cc(-c3csc4ccccc34)cc2C1.Cl. The van der Waals surface area contributed by atoms with Crippen molar-refractivity contribution in [1.29, 1.82) is 0 Å². The van der Waals surface area contributed by atoms with Crippen molar-refractivity contribution in [2.45, 2.75) is 25.9 Å². The molecule has 0 spiro atoms. The maximum absolute atomic E-state index is 12.5. The van der Waals surface area contributed by atoms with E-state index in [4.69, 9.17) is 10.5 Å². The Labute approximate surface area is 174 Å². The zero-order valence-electron chi connectivity index (χ0n) is 15.6. The van der Waals surface area contributed by atoms with Crippen LogP contribution in [0.3, 0.4) is 0 Å². The van der Waals surface area contributed by atoms with Crippen LogP contribution in [0.1, 0.15) is 18.9 Å². The van der Waals surface area contributed by atoms with Crippen LogP contribution in [0.25, 0.3) is 21.2 Å². The third-order valence-corrected chi connectivity index (χ3v) is 5.72. The van der Waals surface area contributed by atoms with E-state index in [0.29, 0.717) is 31.9 Å². The molecule has 3 N–H and O–H groups in total. The van der Waals surface area contributed by atoms with E-state index in [2.05, 4.69) is 17.5 Å². The highest BCUT2D eigenvalue weighted by Crippen LogP contribution is 2.41. The highest BCUT2D eigenvalue weighted by atomic mass is 35.5. The van der Waals surface area contributed by atoms with Gasteiger partial charge in [0, 0.05) is 40.2 Å². The van der Waals surface area contributed by atoms with Gasteiger partial charge in [0.2, 0.25) is 5.91 Å². The van der Waals surface area contributed by atoms with Gasteiger partial charge < -0.3 is 20.5 Å². The lowest BCUT2D eigenvalue weighted by molar-refractivity contribution is -0.132. The zero-order valence-corrected chi connectivity index (χ0v) is 17.2. The number of nitrogens with zero attached hydrogens (tertiary/aromatic N) is 1. The van der Waals surface area contributed by atoms with Gasteiger partial charge in [-0.3, -0.25) is 4.79 Å². The molecule has 1 amide bonds. The lowest BCUT2D eigenvalue weighted by atomic mass is 10.0. The third kappa shape index (κ3) is 3.94. The first-order chi connectivity index (χ1) is 13.0. The fraction of sp³-hybridized carbons (Fsp3) is 0.286. The predicted molar refractivity (Wildman–Crippen MR) is 115 cm³/mol. The molecule has 28 heavy (non-hydrogen) atoms. The minimum absolute atomic E-state index is 0. The molecule has 0 fully saturated rings. The van der Waals surface area contributed by atoms with E-state index in [1.807, 2.05) is 25.1 Å². The third-order valence-electron chi connectivity index (χ3n) is 4.76. The number of fused-ring (bicyclic) bond motifs is 2.